The molecule has 354 valence electrons. The van der Waals surface area contributed by atoms with Crippen LogP contribution >= 0.6 is 0 Å². The van der Waals surface area contributed by atoms with E-state index in [1.54, 1.807) is 17.2 Å². The molecule has 0 spiro atoms. The van der Waals surface area contributed by atoms with Crippen LogP contribution in [-0.4, -0.2) is 124 Å². The van der Waals surface area contributed by atoms with E-state index in [2.05, 4.69) is 71.5 Å². The number of aromatic hydroxyl groups is 2. The summed E-state index contributed by atoms with van der Waals surface area (Å²) in [7, 11) is 3.67. The van der Waals surface area contributed by atoms with Crippen molar-refractivity contribution in [2.24, 2.45) is 0 Å². The fourth-order valence-electron chi connectivity index (χ4n) is 10.3. The predicted molar refractivity (Wildman–Crippen MR) is 266 cm³/mol. The van der Waals surface area contributed by atoms with Crippen LogP contribution in [0.5, 0.6) is 17.5 Å². The van der Waals surface area contributed by atoms with Gasteiger partial charge in [0.05, 0.1) is 18.1 Å². The molecule has 2 atom stereocenters. The molecule has 1 amide bonds. The molecule has 4 N–H and O–H groups in total. The van der Waals surface area contributed by atoms with Crippen LogP contribution in [0.3, 0.4) is 0 Å². The van der Waals surface area contributed by atoms with E-state index in [-0.39, 0.29) is 46.1 Å². The zero-order chi connectivity index (χ0) is 47.5. The van der Waals surface area contributed by atoms with Gasteiger partial charge in [-0.1, -0.05) is 68.3 Å². The summed E-state index contributed by atoms with van der Waals surface area (Å²) < 4.78 is 21.4. The number of anilines is 1. The number of terminal acetylenes is 1. The molecule has 4 fully saturated rings. The van der Waals surface area contributed by atoms with Crippen molar-refractivity contribution in [1.82, 2.24) is 40.3 Å². The highest BCUT2D eigenvalue weighted by atomic mass is 19.1. The van der Waals surface area contributed by atoms with Gasteiger partial charge in [-0.15, -0.1) is 6.42 Å². The first-order valence-corrected chi connectivity index (χ1v) is 23.9. The Labute approximate surface area is 398 Å². The van der Waals surface area contributed by atoms with Gasteiger partial charge in [0.1, 0.15) is 28.5 Å². The minimum absolute atomic E-state index is 0.0244. The number of fused-ring (bicyclic) bond motifs is 5. The molecule has 5 aliphatic heterocycles. The highest BCUT2D eigenvalue weighted by molar-refractivity contribution is 6.02. The first kappa shape index (κ1) is 46.7. The van der Waals surface area contributed by atoms with Gasteiger partial charge < -0.3 is 40.3 Å². The van der Waals surface area contributed by atoms with Gasteiger partial charge in [0.25, 0.3) is 5.91 Å². The predicted octanol–water partition coefficient (Wildman–Crippen LogP) is 7.41. The number of nitrogens with zero attached hydrogens (tertiary/aromatic N) is 7. The molecule has 14 heteroatoms. The maximum absolute atomic E-state index is 16.1. The van der Waals surface area contributed by atoms with Gasteiger partial charge in [-0.2, -0.15) is 9.97 Å². The summed E-state index contributed by atoms with van der Waals surface area (Å²) >= 11 is 0. The van der Waals surface area contributed by atoms with Crippen LogP contribution in [0, 0.1) is 18.2 Å². The molecular weight excluding hydrogens is 858 g/mol. The maximum atomic E-state index is 16.1. The number of phenolic OH excluding ortho intramolecular Hbond substituents is 2. The Morgan fingerprint density at radius 1 is 0.926 bits per heavy atom. The van der Waals surface area contributed by atoms with Gasteiger partial charge in [0.2, 0.25) is 0 Å². The summed E-state index contributed by atoms with van der Waals surface area (Å²) in [4.78, 5) is 35.4. The van der Waals surface area contributed by atoms with Crippen LogP contribution in [0.15, 0.2) is 72.9 Å². The van der Waals surface area contributed by atoms with E-state index in [4.69, 9.17) is 11.2 Å². The fraction of sp³-hybridized carbons (Fsp3) is 0.407. The van der Waals surface area contributed by atoms with E-state index in [9.17, 15) is 15.0 Å². The summed E-state index contributed by atoms with van der Waals surface area (Å²) in [6.45, 7) is 14.3. The Hall–Kier alpha value is -6.37. The lowest BCUT2D eigenvalue weighted by Crippen LogP contribution is -2.51. The molecule has 7 heterocycles. The lowest BCUT2D eigenvalue weighted by Gasteiger charge is -2.34. The van der Waals surface area contributed by atoms with Crippen molar-refractivity contribution in [3.63, 3.8) is 0 Å². The van der Waals surface area contributed by atoms with Gasteiger partial charge in [-0.3, -0.25) is 14.7 Å². The average Bonchev–Trinajstić information content (AvgIpc) is 4.10. The van der Waals surface area contributed by atoms with Crippen LogP contribution in [0.4, 0.5) is 10.2 Å². The number of hydrogen-bond donors (Lipinski definition) is 4. The number of amides is 1. The van der Waals surface area contributed by atoms with E-state index in [0.717, 1.165) is 75.0 Å². The molecular formula is C54H62FN9O4. The lowest BCUT2D eigenvalue weighted by atomic mass is 9.97. The molecule has 2 bridgehead atoms. The summed E-state index contributed by atoms with van der Waals surface area (Å²) in [5, 5.41) is 29.6. The molecule has 4 aromatic carbocycles. The molecule has 5 aliphatic rings. The highest BCUT2D eigenvalue weighted by Gasteiger charge is 2.34. The third-order valence-corrected chi connectivity index (χ3v) is 13.9. The topological polar surface area (TPSA) is 142 Å². The van der Waals surface area contributed by atoms with E-state index >= 15 is 4.39 Å². The zero-order valence-electron chi connectivity index (χ0n) is 39.6. The molecule has 0 aliphatic carbocycles. The van der Waals surface area contributed by atoms with Crippen LogP contribution in [0.2, 0.25) is 0 Å². The van der Waals surface area contributed by atoms with E-state index in [1.807, 2.05) is 50.2 Å². The number of piperazine rings is 2. The largest absolute Gasteiger partial charge is 0.508 e. The van der Waals surface area contributed by atoms with E-state index in [1.165, 1.54) is 50.2 Å². The second-order valence-electron chi connectivity index (χ2n) is 19.0. The van der Waals surface area contributed by atoms with Crippen LogP contribution in [0.25, 0.3) is 32.9 Å². The molecule has 2 aromatic heterocycles. The number of hydrogen-bond acceptors (Lipinski definition) is 12. The number of ether oxygens (including phenoxy) is 1. The maximum Gasteiger partial charge on any atom is 0.318 e. The van der Waals surface area contributed by atoms with Crippen LogP contribution < -0.4 is 20.3 Å². The fourth-order valence-corrected chi connectivity index (χ4v) is 10.3. The van der Waals surface area contributed by atoms with Crippen LogP contribution in [0.1, 0.15) is 83.6 Å². The number of carbonyl (C=O) groups is 1. The van der Waals surface area contributed by atoms with Crippen LogP contribution in [-0.2, 0) is 19.6 Å². The Morgan fingerprint density at radius 3 is 2.32 bits per heavy atom. The summed E-state index contributed by atoms with van der Waals surface area (Å²) in [6.07, 6.45) is 12.5. The van der Waals surface area contributed by atoms with Crippen molar-refractivity contribution in [2.75, 3.05) is 71.4 Å². The third-order valence-electron chi connectivity index (χ3n) is 13.9. The molecule has 2 unspecified atom stereocenters. The molecule has 13 nitrogen and oxygen atoms in total. The summed E-state index contributed by atoms with van der Waals surface area (Å²) in [5.74, 6) is 2.57. The zero-order valence-corrected chi connectivity index (χ0v) is 39.6. The quantitative estimate of drug-likeness (QED) is 0.119. The number of halogens is 1. The van der Waals surface area contributed by atoms with Crippen molar-refractivity contribution in [3.8, 4) is 41.1 Å². The normalized spacial score (nSPS) is 19.1. The van der Waals surface area contributed by atoms with Crippen molar-refractivity contribution in [2.45, 2.75) is 77.2 Å². The number of benzene rings is 4. The van der Waals surface area contributed by atoms with E-state index < -0.39 is 5.82 Å². The number of pyridine rings is 1. The smallest absolute Gasteiger partial charge is 0.318 e. The number of likely N-dealkylation sites (tertiary alicyclic amines) is 1. The van der Waals surface area contributed by atoms with Crippen molar-refractivity contribution < 1.29 is 24.1 Å². The van der Waals surface area contributed by atoms with Crippen molar-refractivity contribution in [1.29, 1.82) is 0 Å². The number of carbonyl (C=O) groups excluding carboxylic acids is 1. The molecule has 0 radical (unpaired) electrons. The summed E-state index contributed by atoms with van der Waals surface area (Å²) in [5.41, 5.74) is 6.27. The SMILES string of the molecule is C#Cc1cccc2cccc(-c3ncc4c(N5CC6CCC(C5)N6)nc(OC)nc4c3F)c12.CC(C)c1cc(C(=O)N2Cc3ccc(CN4CCNCC4)cc3C2)c(O)cc1O.CN1CCCC1. The second kappa shape index (κ2) is 20.5. The van der Waals surface area contributed by atoms with Gasteiger partial charge >= 0.3 is 6.01 Å². The molecule has 11 rings (SSSR count). The Kier molecular flexibility index (Phi) is 14.1. The Morgan fingerprint density at radius 2 is 1.65 bits per heavy atom. The van der Waals surface area contributed by atoms with Gasteiger partial charge in [-0.25, -0.2) is 4.39 Å². The summed E-state index contributed by atoms with van der Waals surface area (Å²) in [6, 6.07) is 21.7. The number of methoxy groups -OCH3 is 1. The highest BCUT2D eigenvalue weighted by Crippen LogP contribution is 2.38. The number of nitrogens with one attached hydrogen (secondary N) is 2. The molecule has 6 aromatic rings. The number of rotatable bonds is 7. The lowest BCUT2D eigenvalue weighted by molar-refractivity contribution is 0.0748. The minimum atomic E-state index is -0.508. The number of aromatic nitrogens is 3. The van der Waals surface area contributed by atoms with Gasteiger partial charge in [0.15, 0.2) is 5.82 Å². The molecule has 68 heavy (non-hydrogen) atoms. The Balaban J connectivity index is 0.000000152. The van der Waals surface area contributed by atoms with Gasteiger partial charge in [0, 0.05) is 99.8 Å². The van der Waals surface area contributed by atoms with Gasteiger partial charge in [-0.05, 0) is 91.5 Å². The number of phenols is 2. The third kappa shape index (κ3) is 9.94. The van der Waals surface area contributed by atoms with E-state index in [0.29, 0.717) is 53.1 Å². The Bertz CT molecular complexity index is 2840. The standard InChI is InChI=1S/C26H22FN5O.C23H29N3O3.C5H11N/c1-3-15-6-4-7-16-8-5-9-19(21(15)16)23-22(27)24-20(12-28-23)25(31-26(30-24)33-2)32-13-17-10-11-18(14-32)29-17;1-15(2)19-10-20(22(28)11-21(19)27)23(29)26-13-17-4-3-16(9-18(17)14-26)12-25-7-5-24-6-8-25;1-6-4-2-3-5-6/h1,4-9,12,17-18,29H,10-11,13-14H2,2H3;3-4,9-11,15,24,27-28H,5-8,12-14H2,1-2H3;2-5H2,1H3. The first-order chi connectivity index (χ1) is 33.0. The first-order valence-electron chi connectivity index (χ1n) is 23.9. The van der Waals surface area contributed by atoms with Crippen molar-refractivity contribution >= 4 is 33.4 Å². The average molecular weight is 920 g/mol. The monoisotopic (exact) mass is 919 g/mol. The molecule has 0 saturated carbocycles. The minimum Gasteiger partial charge on any atom is -0.508 e. The molecule has 4 saturated heterocycles. The second-order valence-corrected chi connectivity index (χ2v) is 19.0. The van der Waals surface area contributed by atoms with Crippen molar-refractivity contribution in [3.05, 3.63) is 112 Å².